The zero-order valence-electron chi connectivity index (χ0n) is 23.2. The number of aromatic nitrogens is 1. The third-order valence-corrected chi connectivity index (χ3v) is 9.32. The highest BCUT2D eigenvalue weighted by Crippen LogP contribution is 2.43. The largest absolute Gasteiger partial charge is 0.497 e. The summed E-state index contributed by atoms with van der Waals surface area (Å²) in [6.07, 6.45) is 6.13. The smallest absolute Gasteiger partial charge is 0.253 e. The fourth-order valence-corrected chi connectivity index (χ4v) is 6.93. The van der Waals surface area contributed by atoms with E-state index in [1.54, 1.807) is 31.6 Å². The molecule has 3 saturated heterocycles. The van der Waals surface area contributed by atoms with Gasteiger partial charge in [-0.25, -0.2) is 0 Å². The number of pyridine rings is 1. The Kier molecular flexibility index (Phi) is 7.57. The molecule has 0 radical (unpaired) electrons. The second-order valence-corrected chi connectivity index (χ2v) is 11.6. The molecule has 7 nitrogen and oxygen atoms in total. The molecule has 3 aliphatic rings. The third-order valence-electron chi connectivity index (χ3n) is 9.32. The summed E-state index contributed by atoms with van der Waals surface area (Å²) >= 11 is 0. The number of nitrogens with zero attached hydrogens (tertiary/aromatic N) is 4. The van der Waals surface area contributed by atoms with E-state index in [4.69, 9.17) is 4.74 Å². The van der Waals surface area contributed by atoms with Crippen LogP contribution in [0.4, 0.5) is 0 Å². The molecule has 3 aliphatic heterocycles. The SMILES string of the molecule is COc1ccc(CN2CCC3(CCN(CC4CN(C(=O)c5ccncc5)CC4c4ccccc4)CC3)C2=O)cc1. The molecular formula is C33H38N4O3. The van der Waals surface area contributed by atoms with Gasteiger partial charge in [-0.3, -0.25) is 14.6 Å². The molecule has 2 unspecified atom stereocenters. The molecule has 3 fully saturated rings. The molecule has 1 aromatic heterocycles. The van der Waals surface area contributed by atoms with Crippen molar-refractivity contribution >= 4 is 11.8 Å². The van der Waals surface area contributed by atoms with Gasteiger partial charge >= 0.3 is 0 Å². The van der Waals surface area contributed by atoms with Crippen molar-refractivity contribution in [2.24, 2.45) is 11.3 Å². The van der Waals surface area contributed by atoms with Crippen molar-refractivity contribution in [1.29, 1.82) is 0 Å². The van der Waals surface area contributed by atoms with Crippen LogP contribution in [0.3, 0.4) is 0 Å². The third kappa shape index (κ3) is 5.35. The summed E-state index contributed by atoms with van der Waals surface area (Å²) in [6.45, 7) is 5.77. The first-order chi connectivity index (χ1) is 19.5. The van der Waals surface area contributed by atoms with Gasteiger partial charge in [0.1, 0.15) is 5.75 Å². The van der Waals surface area contributed by atoms with Crippen LogP contribution in [-0.4, -0.2) is 77.9 Å². The molecule has 208 valence electrons. The summed E-state index contributed by atoms with van der Waals surface area (Å²) in [5.41, 5.74) is 2.91. The topological polar surface area (TPSA) is 66.0 Å². The van der Waals surface area contributed by atoms with Crippen LogP contribution in [0.2, 0.25) is 0 Å². The van der Waals surface area contributed by atoms with Crippen molar-refractivity contribution in [2.45, 2.75) is 31.7 Å². The summed E-state index contributed by atoms with van der Waals surface area (Å²) in [6, 6.07) is 22.2. The molecule has 0 N–H and O–H groups in total. The Morgan fingerprint density at radius 2 is 1.62 bits per heavy atom. The van der Waals surface area contributed by atoms with E-state index < -0.39 is 0 Å². The lowest BCUT2D eigenvalue weighted by atomic mass is 9.76. The number of hydrogen-bond acceptors (Lipinski definition) is 5. The minimum absolute atomic E-state index is 0.0805. The van der Waals surface area contributed by atoms with E-state index in [-0.39, 0.29) is 11.3 Å². The fraction of sp³-hybridized carbons (Fsp3) is 0.424. The maximum Gasteiger partial charge on any atom is 0.253 e. The number of likely N-dealkylation sites (tertiary alicyclic amines) is 3. The summed E-state index contributed by atoms with van der Waals surface area (Å²) in [5.74, 6) is 1.89. The molecule has 6 rings (SSSR count). The number of hydrogen-bond donors (Lipinski definition) is 0. The lowest BCUT2D eigenvalue weighted by molar-refractivity contribution is -0.139. The molecule has 7 heteroatoms. The van der Waals surface area contributed by atoms with Crippen molar-refractivity contribution < 1.29 is 14.3 Å². The van der Waals surface area contributed by atoms with Gasteiger partial charge in [0.05, 0.1) is 12.5 Å². The predicted octanol–water partition coefficient (Wildman–Crippen LogP) is 4.46. The monoisotopic (exact) mass is 538 g/mol. The highest BCUT2D eigenvalue weighted by Gasteiger charge is 2.48. The number of ether oxygens (including phenoxy) is 1. The number of carbonyl (C=O) groups excluding carboxylic acids is 2. The zero-order valence-corrected chi connectivity index (χ0v) is 23.2. The van der Waals surface area contributed by atoms with E-state index in [0.29, 0.717) is 29.9 Å². The van der Waals surface area contributed by atoms with Crippen LogP contribution in [0.15, 0.2) is 79.1 Å². The lowest BCUT2D eigenvalue weighted by Gasteiger charge is -2.39. The molecule has 2 atom stereocenters. The molecule has 0 aliphatic carbocycles. The standard InChI is InChI=1S/C33H38N4O3/c1-40-29-9-7-25(8-10-29)21-36-20-15-33(32(36)39)13-18-35(19-14-33)22-28-23-37(31(38)27-11-16-34-17-12-27)24-30(28)26-5-3-2-4-6-26/h2-12,16-17,28,30H,13-15,18-24H2,1H3. The lowest BCUT2D eigenvalue weighted by Crippen LogP contribution is -2.46. The number of benzene rings is 2. The van der Waals surface area contributed by atoms with Crippen LogP contribution >= 0.6 is 0 Å². The number of piperidine rings is 1. The molecule has 0 saturated carbocycles. The Hall–Kier alpha value is -3.71. The Morgan fingerprint density at radius 1 is 0.925 bits per heavy atom. The van der Waals surface area contributed by atoms with Gasteiger partial charge < -0.3 is 19.4 Å². The van der Waals surface area contributed by atoms with Gasteiger partial charge in [-0.2, -0.15) is 0 Å². The maximum absolute atomic E-state index is 13.6. The van der Waals surface area contributed by atoms with Gasteiger partial charge in [-0.1, -0.05) is 42.5 Å². The van der Waals surface area contributed by atoms with Crippen molar-refractivity contribution in [3.8, 4) is 5.75 Å². The minimum Gasteiger partial charge on any atom is -0.497 e. The Labute approximate surface area is 236 Å². The van der Waals surface area contributed by atoms with E-state index in [9.17, 15) is 9.59 Å². The van der Waals surface area contributed by atoms with E-state index in [2.05, 4.69) is 34.1 Å². The number of carbonyl (C=O) groups is 2. The molecule has 1 spiro atoms. The van der Waals surface area contributed by atoms with Crippen LogP contribution in [0.5, 0.6) is 5.75 Å². The first-order valence-corrected chi connectivity index (χ1v) is 14.4. The highest BCUT2D eigenvalue weighted by atomic mass is 16.5. The Morgan fingerprint density at radius 3 is 2.33 bits per heavy atom. The first-order valence-electron chi connectivity index (χ1n) is 14.4. The van der Waals surface area contributed by atoms with Gasteiger partial charge in [0.15, 0.2) is 0 Å². The zero-order chi connectivity index (χ0) is 27.5. The summed E-state index contributed by atoms with van der Waals surface area (Å²) < 4.78 is 5.27. The van der Waals surface area contributed by atoms with E-state index >= 15 is 0 Å². The van der Waals surface area contributed by atoms with Crippen LogP contribution in [0.1, 0.15) is 46.7 Å². The molecule has 2 amide bonds. The maximum atomic E-state index is 13.6. The predicted molar refractivity (Wildman–Crippen MR) is 154 cm³/mol. The summed E-state index contributed by atoms with van der Waals surface area (Å²) in [5, 5.41) is 0. The van der Waals surface area contributed by atoms with Gasteiger partial charge in [0.2, 0.25) is 5.91 Å². The molecule has 2 aromatic carbocycles. The Bertz CT molecular complexity index is 1310. The molecular weight excluding hydrogens is 500 g/mol. The van der Waals surface area contributed by atoms with Crippen LogP contribution in [-0.2, 0) is 11.3 Å². The number of amides is 2. The van der Waals surface area contributed by atoms with Crippen LogP contribution in [0, 0.1) is 11.3 Å². The van der Waals surface area contributed by atoms with Gasteiger partial charge in [0.25, 0.3) is 5.91 Å². The van der Waals surface area contributed by atoms with Crippen molar-refractivity contribution in [3.63, 3.8) is 0 Å². The molecule has 3 aromatic rings. The second-order valence-electron chi connectivity index (χ2n) is 11.6. The quantitative estimate of drug-likeness (QED) is 0.445. The molecule has 40 heavy (non-hydrogen) atoms. The van der Waals surface area contributed by atoms with Gasteiger partial charge in [-0.05, 0) is 73.7 Å². The number of rotatable bonds is 7. The molecule has 4 heterocycles. The minimum atomic E-state index is -0.221. The second kappa shape index (κ2) is 11.4. The number of methoxy groups -OCH3 is 1. The summed E-state index contributed by atoms with van der Waals surface area (Å²) in [7, 11) is 1.67. The van der Waals surface area contributed by atoms with Crippen LogP contribution in [0.25, 0.3) is 0 Å². The van der Waals surface area contributed by atoms with E-state index in [0.717, 1.165) is 69.8 Å². The highest BCUT2D eigenvalue weighted by molar-refractivity contribution is 5.94. The molecule has 0 bridgehead atoms. The van der Waals surface area contributed by atoms with Crippen molar-refractivity contribution in [3.05, 3.63) is 95.8 Å². The first kappa shape index (κ1) is 26.5. The van der Waals surface area contributed by atoms with Crippen molar-refractivity contribution in [2.75, 3.05) is 46.4 Å². The van der Waals surface area contributed by atoms with Crippen LogP contribution < -0.4 is 4.74 Å². The average Bonchev–Trinajstić information content (AvgIpc) is 3.56. The van der Waals surface area contributed by atoms with Crippen molar-refractivity contribution in [1.82, 2.24) is 19.7 Å². The van der Waals surface area contributed by atoms with Gasteiger partial charge in [-0.15, -0.1) is 0 Å². The normalized spacial score (nSPS) is 22.7. The van der Waals surface area contributed by atoms with E-state index in [1.165, 1.54) is 5.56 Å². The Balaban J connectivity index is 1.09. The van der Waals surface area contributed by atoms with Gasteiger partial charge in [0, 0.05) is 56.6 Å². The fourth-order valence-electron chi connectivity index (χ4n) is 6.93. The average molecular weight is 539 g/mol. The summed E-state index contributed by atoms with van der Waals surface area (Å²) in [4.78, 5) is 37.5. The van der Waals surface area contributed by atoms with E-state index in [1.807, 2.05) is 40.1 Å².